The van der Waals surface area contributed by atoms with Gasteiger partial charge in [-0.1, -0.05) is 256 Å². The minimum atomic E-state index is -0.858. The molecular formula is C58H109NO5. The molecule has 6 heteroatoms. The number of ether oxygens (including phenoxy) is 1. The van der Waals surface area contributed by atoms with Crippen molar-refractivity contribution in [2.75, 3.05) is 13.2 Å². The number of amides is 1. The topological polar surface area (TPSA) is 95.9 Å². The van der Waals surface area contributed by atoms with Crippen molar-refractivity contribution in [1.82, 2.24) is 5.32 Å². The maximum absolute atomic E-state index is 12.4. The van der Waals surface area contributed by atoms with Gasteiger partial charge in [-0.25, -0.2) is 0 Å². The minimum Gasteiger partial charge on any atom is -0.466 e. The van der Waals surface area contributed by atoms with Crippen LogP contribution in [0.2, 0.25) is 0 Å². The summed E-state index contributed by atoms with van der Waals surface area (Å²) in [6, 6.07) is -0.644. The Morgan fingerprint density at radius 1 is 0.438 bits per heavy atom. The van der Waals surface area contributed by atoms with Crippen molar-refractivity contribution >= 4 is 11.9 Å². The quantitative estimate of drug-likeness (QED) is 0.0245. The van der Waals surface area contributed by atoms with Crippen molar-refractivity contribution in [3.8, 4) is 0 Å². The fourth-order valence-electron chi connectivity index (χ4n) is 8.57. The van der Waals surface area contributed by atoms with Gasteiger partial charge >= 0.3 is 5.97 Å². The Labute approximate surface area is 398 Å². The number of carbonyl (C=O) groups excluding carboxylic acids is 2. The molecule has 0 aliphatic rings. The van der Waals surface area contributed by atoms with Gasteiger partial charge in [0.05, 0.1) is 25.4 Å². The van der Waals surface area contributed by atoms with Crippen molar-refractivity contribution in [3.63, 3.8) is 0 Å². The molecule has 1 amide bonds. The minimum absolute atomic E-state index is 0.0191. The third kappa shape index (κ3) is 49.5. The first-order valence-electron chi connectivity index (χ1n) is 28.3. The number of hydrogen-bond acceptors (Lipinski definition) is 5. The van der Waals surface area contributed by atoms with Crippen LogP contribution < -0.4 is 5.32 Å². The van der Waals surface area contributed by atoms with Crippen molar-refractivity contribution in [3.05, 3.63) is 36.5 Å². The molecule has 0 fully saturated rings. The summed E-state index contributed by atoms with van der Waals surface area (Å²) in [6.07, 6.45) is 65.9. The van der Waals surface area contributed by atoms with Crippen molar-refractivity contribution in [1.29, 1.82) is 0 Å². The SMILES string of the molecule is CCCCCCCCCCCCCCC/C=C/C(O)C(CO)NC(=O)CCCCCCCC/C=C\C=C/CCCCCOC(=O)CCCCCCCCCCCCCCCCCCC. The van der Waals surface area contributed by atoms with Crippen LogP contribution in [0.5, 0.6) is 0 Å². The predicted molar refractivity (Wildman–Crippen MR) is 278 cm³/mol. The van der Waals surface area contributed by atoms with Gasteiger partial charge in [-0.3, -0.25) is 9.59 Å². The summed E-state index contributed by atoms with van der Waals surface area (Å²) in [5, 5.41) is 23.1. The zero-order chi connectivity index (χ0) is 46.5. The van der Waals surface area contributed by atoms with Crippen LogP contribution in [0, 0.1) is 0 Å². The summed E-state index contributed by atoms with van der Waals surface area (Å²) in [5.74, 6) is -0.109. The van der Waals surface area contributed by atoms with Crippen molar-refractivity contribution in [2.24, 2.45) is 0 Å². The van der Waals surface area contributed by atoms with Gasteiger partial charge in [0, 0.05) is 12.8 Å². The van der Waals surface area contributed by atoms with E-state index in [9.17, 15) is 19.8 Å². The first-order chi connectivity index (χ1) is 31.5. The summed E-state index contributed by atoms with van der Waals surface area (Å²) in [6.45, 7) is 4.86. The second-order valence-corrected chi connectivity index (χ2v) is 19.3. The summed E-state index contributed by atoms with van der Waals surface area (Å²) >= 11 is 0. The molecule has 3 N–H and O–H groups in total. The smallest absolute Gasteiger partial charge is 0.305 e. The number of hydrogen-bond donors (Lipinski definition) is 3. The Morgan fingerprint density at radius 2 is 0.766 bits per heavy atom. The number of aliphatic hydroxyl groups excluding tert-OH is 2. The molecule has 0 aromatic heterocycles. The van der Waals surface area contributed by atoms with Gasteiger partial charge < -0.3 is 20.3 Å². The molecule has 0 saturated carbocycles. The Kier molecular flexibility index (Phi) is 52.1. The standard InChI is InChI=1S/C58H109NO5/c1-3-5-7-9-11-13-15-17-19-20-24-28-32-36-40-44-48-52-58(63)64-53-49-45-41-37-33-29-25-21-23-27-31-35-39-43-47-51-57(62)59-55(54-60)56(61)50-46-42-38-34-30-26-22-18-16-14-12-10-8-6-4-2/h21,25,29,33,46,50,55-56,60-61H,3-20,22-24,26-28,30-32,34-45,47-49,51-54H2,1-2H3,(H,59,62)/b25-21-,33-29-,50-46+. The molecule has 0 spiro atoms. The maximum atomic E-state index is 12.4. The average molecular weight is 901 g/mol. The molecule has 0 aromatic carbocycles. The van der Waals surface area contributed by atoms with Gasteiger partial charge in [-0.05, 0) is 64.2 Å². The molecule has 0 saturated heterocycles. The number of carbonyl (C=O) groups is 2. The van der Waals surface area contributed by atoms with Crippen LogP contribution in [0.25, 0.3) is 0 Å². The van der Waals surface area contributed by atoms with Crippen LogP contribution in [0.3, 0.4) is 0 Å². The number of rotatable bonds is 52. The lowest BCUT2D eigenvalue weighted by Gasteiger charge is -2.20. The Balaban J connectivity index is 3.53. The number of aliphatic hydroxyl groups is 2. The van der Waals surface area contributed by atoms with Gasteiger partial charge in [0.25, 0.3) is 0 Å². The van der Waals surface area contributed by atoms with Crippen LogP contribution in [0.1, 0.15) is 296 Å². The van der Waals surface area contributed by atoms with E-state index in [0.29, 0.717) is 19.4 Å². The molecule has 2 unspecified atom stereocenters. The highest BCUT2D eigenvalue weighted by molar-refractivity contribution is 5.76. The molecular weight excluding hydrogens is 791 g/mol. The normalized spacial score (nSPS) is 12.9. The molecule has 0 rings (SSSR count). The predicted octanol–water partition coefficient (Wildman–Crippen LogP) is 17.2. The second-order valence-electron chi connectivity index (χ2n) is 19.3. The van der Waals surface area contributed by atoms with E-state index in [1.807, 2.05) is 6.08 Å². The van der Waals surface area contributed by atoms with Gasteiger partial charge in [-0.15, -0.1) is 0 Å². The van der Waals surface area contributed by atoms with E-state index < -0.39 is 12.1 Å². The van der Waals surface area contributed by atoms with E-state index in [1.54, 1.807) is 6.08 Å². The Bertz CT molecular complexity index is 1040. The molecule has 0 aliphatic heterocycles. The van der Waals surface area contributed by atoms with E-state index in [1.165, 1.54) is 193 Å². The van der Waals surface area contributed by atoms with E-state index in [0.717, 1.165) is 77.0 Å². The molecule has 0 aliphatic carbocycles. The van der Waals surface area contributed by atoms with E-state index in [4.69, 9.17) is 4.74 Å². The number of allylic oxidation sites excluding steroid dienone is 5. The molecule has 0 radical (unpaired) electrons. The van der Waals surface area contributed by atoms with E-state index in [2.05, 4.69) is 43.5 Å². The third-order valence-corrected chi connectivity index (χ3v) is 12.9. The van der Waals surface area contributed by atoms with Gasteiger partial charge in [0.2, 0.25) is 5.91 Å². The van der Waals surface area contributed by atoms with Crippen LogP contribution in [-0.2, 0) is 14.3 Å². The first-order valence-corrected chi connectivity index (χ1v) is 28.3. The average Bonchev–Trinajstić information content (AvgIpc) is 3.29. The highest BCUT2D eigenvalue weighted by atomic mass is 16.5. The molecule has 6 nitrogen and oxygen atoms in total. The van der Waals surface area contributed by atoms with Gasteiger partial charge in [-0.2, -0.15) is 0 Å². The van der Waals surface area contributed by atoms with Crippen LogP contribution >= 0.6 is 0 Å². The lowest BCUT2D eigenvalue weighted by Crippen LogP contribution is -2.45. The molecule has 0 bridgehead atoms. The second kappa shape index (κ2) is 53.7. The van der Waals surface area contributed by atoms with Crippen LogP contribution in [0.15, 0.2) is 36.5 Å². The highest BCUT2D eigenvalue weighted by Crippen LogP contribution is 2.16. The monoisotopic (exact) mass is 900 g/mol. The van der Waals surface area contributed by atoms with E-state index >= 15 is 0 Å². The lowest BCUT2D eigenvalue weighted by atomic mass is 10.0. The first kappa shape index (κ1) is 62.1. The number of esters is 1. The number of unbranched alkanes of at least 4 members (excludes halogenated alkanes) is 38. The number of nitrogens with one attached hydrogen (secondary N) is 1. The Morgan fingerprint density at radius 3 is 1.16 bits per heavy atom. The lowest BCUT2D eigenvalue weighted by molar-refractivity contribution is -0.143. The van der Waals surface area contributed by atoms with Crippen molar-refractivity contribution in [2.45, 2.75) is 309 Å². The summed E-state index contributed by atoms with van der Waals surface area (Å²) < 4.78 is 5.46. The zero-order valence-electron chi connectivity index (χ0n) is 42.8. The van der Waals surface area contributed by atoms with Crippen LogP contribution in [-0.4, -0.2) is 47.4 Å². The van der Waals surface area contributed by atoms with Crippen molar-refractivity contribution < 1.29 is 24.5 Å². The molecule has 376 valence electrons. The maximum Gasteiger partial charge on any atom is 0.305 e. The van der Waals surface area contributed by atoms with Crippen LogP contribution in [0.4, 0.5) is 0 Å². The fourth-order valence-corrected chi connectivity index (χ4v) is 8.57. The largest absolute Gasteiger partial charge is 0.466 e. The van der Waals surface area contributed by atoms with Gasteiger partial charge in [0.15, 0.2) is 0 Å². The summed E-state index contributed by atoms with van der Waals surface area (Å²) in [4.78, 5) is 24.5. The summed E-state index contributed by atoms with van der Waals surface area (Å²) in [7, 11) is 0. The van der Waals surface area contributed by atoms with E-state index in [-0.39, 0.29) is 18.5 Å². The highest BCUT2D eigenvalue weighted by Gasteiger charge is 2.18. The van der Waals surface area contributed by atoms with Gasteiger partial charge in [0.1, 0.15) is 0 Å². The fraction of sp³-hybridized carbons (Fsp3) is 0.862. The molecule has 0 aromatic rings. The molecule has 0 heterocycles. The zero-order valence-corrected chi connectivity index (χ0v) is 42.8. The Hall–Kier alpha value is -1.92. The summed E-state index contributed by atoms with van der Waals surface area (Å²) in [5.41, 5.74) is 0. The molecule has 64 heavy (non-hydrogen) atoms. The third-order valence-electron chi connectivity index (χ3n) is 12.9. The molecule has 2 atom stereocenters.